The Labute approximate surface area is 191 Å². The van der Waals surface area contributed by atoms with Crippen molar-refractivity contribution in [3.8, 4) is 16.6 Å². The van der Waals surface area contributed by atoms with Crippen LogP contribution < -0.4 is 10.6 Å². The highest BCUT2D eigenvalue weighted by molar-refractivity contribution is 9.10. The third kappa shape index (κ3) is 4.90. The summed E-state index contributed by atoms with van der Waals surface area (Å²) in [4.78, 5) is 27.1. The lowest BCUT2D eigenvalue weighted by atomic mass is 10.2. The van der Waals surface area contributed by atoms with Gasteiger partial charge in [0.25, 0.3) is 0 Å². The first-order chi connectivity index (χ1) is 15.0. The van der Waals surface area contributed by atoms with Crippen LogP contribution in [0.5, 0.6) is 0 Å². The molecule has 0 aliphatic carbocycles. The van der Waals surface area contributed by atoms with Gasteiger partial charge in [0.05, 0.1) is 11.6 Å². The van der Waals surface area contributed by atoms with Gasteiger partial charge in [0.1, 0.15) is 11.0 Å². The summed E-state index contributed by atoms with van der Waals surface area (Å²) in [6.07, 6.45) is 1.29. The summed E-state index contributed by atoms with van der Waals surface area (Å²) in [6.45, 7) is 0.474. The number of aromatic nitrogens is 2. The first-order valence-corrected chi connectivity index (χ1v) is 11.1. The van der Waals surface area contributed by atoms with Crippen LogP contribution in [-0.4, -0.2) is 39.6 Å². The van der Waals surface area contributed by atoms with Gasteiger partial charge in [-0.3, -0.25) is 10.1 Å². The number of nitrogens with one attached hydrogen (secondary N) is 2. The highest BCUT2D eigenvalue weighted by atomic mass is 79.9. The molecule has 10 heteroatoms. The second kappa shape index (κ2) is 9.24. The predicted octanol–water partition coefficient (Wildman–Crippen LogP) is 4.47. The maximum absolute atomic E-state index is 12.8. The van der Waals surface area contributed by atoms with E-state index in [0.717, 1.165) is 16.5 Å². The monoisotopic (exact) mass is 496 g/mol. The second-order valence-electron chi connectivity index (χ2n) is 6.88. The summed E-state index contributed by atoms with van der Waals surface area (Å²) in [5.74, 6) is -0.295. The van der Waals surface area contributed by atoms with Gasteiger partial charge in [0.15, 0.2) is 0 Å². The molecule has 2 aromatic carbocycles. The number of halogens is 1. The van der Waals surface area contributed by atoms with Crippen molar-refractivity contribution in [2.45, 2.75) is 18.9 Å². The number of rotatable bonds is 4. The lowest BCUT2D eigenvalue weighted by Crippen LogP contribution is -2.45. The number of amides is 3. The highest BCUT2D eigenvalue weighted by Crippen LogP contribution is 2.28. The first-order valence-electron chi connectivity index (χ1n) is 9.51. The number of nitrogens with zero attached hydrogens (tertiary/aromatic N) is 4. The van der Waals surface area contributed by atoms with Crippen molar-refractivity contribution in [3.05, 3.63) is 58.6 Å². The molecule has 1 atom stereocenters. The summed E-state index contributed by atoms with van der Waals surface area (Å²) in [7, 11) is 0. The fourth-order valence-electron chi connectivity index (χ4n) is 3.32. The van der Waals surface area contributed by atoms with Crippen LogP contribution >= 0.6 is 27.3 Å². The Morgan fingerprint density at radius 2 is 1.97 bits per heavy atom. The molecule has 8 nitrogen and oxygen atoms in total. The van der Waals surface area contributed by atoms with Crippen LogP contribution in [0.3, 0.4) is 0 Å². The van der Waals surface area contributed by atoms with E-state index >= 15 is 0 Å². The zero-order chi connectivity index (χ0) is 21.8. The molecule has 1 aromatic heterocycles. The number of hydrogen-bond donors (Lipinski definition) is 2. The average molecular weight is 497 g/mol. The van der Waals surface area contributed by atoms with Crippen molar-refractivity contribution < 1.29 is 9.59 Å². The Morgan fingerprint density at radius 3 is 2.74 bits per heavy atom. The molecule has 1 aliphatic heterocycles. The molecule has 31 heavy (non-hydrogen) atoms. The molecule has 0 spiro atoms. The van der Waals surface area contributed by atoms with Crippen molar-refractivity contribution in [1.29, 1.82) is 5.26 Å². The van der Waals surface area contributed by atoms with E-state index in [1.54, 1.807) is 24.3 Å². The summed E-state index contributed by atoms with van der Waals surface area (Å²) in [5.41, 5.74) is 1.87. The number of carbonyl (C=O) groups excluding carboxylic acids is 2. The maximum atomic E-state index is 12.8. The molecule has 3 aromatic rings. The summed E-state index contributed by atoms with van der Waals surface area (Å²) in [5, 5.41) is 23.8. The molecule has 1 saturated heterocycles. The van der Waals surface area contributed by atoms with Crippen molar-refractivity contribution in [2.24, 2.45) is 0 Å². The number of likely N-dealkylation sites (tertiary alicyclic amines) is 1. The Bertz CT molecular complexity index is 1160. The van der Waals surface area contributed by atoms with Crippen LogP contribution in [0, 0.1) is 11.3 Å². The zero-order valence-electron chi connectivity index (χ0n) is 16.2. The lowest BCUT2D eigenvalue weighted by molar-refractivity contribution is -0.119. The Morgan fingerprint density at radius 1 is 1.16 bits per heavy atom. The lowest BCUT2D eigenvalue weighted by Gasteiger charge is -2.23. The van der Waals surface area contributed by atoms with Crippen molar-refractivity contribution >= 4 is 50.0 Å². The SMILES string of the molecule is N#Cc1cccc(NC(=O)N2CCC[C@H]2C(=O)Nc2nnc(-c3ccc(Br)cc3)s2)c1. The molecule has 0 bridgehead atoms. The maximum Gasteiger partial charge on any atom is 0.322 e. The molecule has 0 saturated carbocycles. The molecule has 156 valence electrons. The second-order valence-corrected chi connectivity index (χ2v) is 8.78. The third-order valence-corrected chi connectivity index (χ3v) is 6.22. The first kappa shape index (κ1) is 21.0. The summed E-state index contributed by atoms with van der Waals surface area (Å²) < 4.78 is 0.966. The Kier molecular flexibility index (Phi) is 6.25. The van der Waals surface area contributed by atoms with Crippen LogP contribution in [0.4, 0.5) is 15.6 Å². The van der Waals surface area contributed by atoms with Gasteiger partial charge in [-0.15, -0.1) is 10.2 Å². The third-order valence-electron chi connectivity index (χ3n) is 4.81. The summed E-state index contributed by atoms with van der Waals surface area (Å²) in [6, 6.07) is 15.4. The number of nitriles is 1. The minimum atomic E-state index is -0.598. The number of anilines is 2. The number of benzene rings is 2. The van der Waals surface area contributed by atoms with Crippen molar-refractivity contribution in [2.75, 3.05) is 17.2 Å². The highest BCUT2D eigenvalue weighted by Gasteiger charge is 2.34. The quantitative estimate of drug-likeness (QED) is 0.553. The van der Waals surface area contributed by atoms with E-state index in [4.69, 9.17) is 5.26 Å². The molecule has 4 rings (SSSR count). The van der Waals surface area contributed by atoms with E-state index in [1.807, 2.05) is 30.3 Å². The number of urea groups is 1. The van der Waals surface area contributed by atoms with Gasteiger partial charge in [-0.25, -0.2) is 4.79 Å². The van der Waals surface area contributed by atoms with Gasteiger partial charge in [-0.1, -0.05) is 45.5 Å². The molecule has 2 heterocycles. The smallest absolute Gasteiger partial charge is 0.312 e. The number of hydrogen-bond acceptors (Lipinski definition) is 6. The van der Waals surface area contributed by atoms with E-state index in [2.05, 4.69) is 36.8 Å². The standard InChI is InChI=1S/C21H17BrN6O2S/c22-15-8-6-14(7-9-15)19-26-27-20(31-19)25-18(29)17-5-2-10-28(17)21(30)24-16-4-1-3-13(11-16)12-23/h1,3-4,6-9,11,17H,2,5,10H2,(H,24,30)(H,25,27,29)/t17-/m0/s1. The van der Waals surface area contributed by atoms with Crippen LogP contribution in [0.2, 0.25) is 0 Å². The van der Waals surface area contributed by atoms with E-state index in [-0.39, 0.29) is 11.9 Å². The largest absolute Gasteiger partial charge is 0.322 e. The molecule has 1 aliphatic rings. The van der Waals surface area contributed by atoms with Crippen LogP contribution in [0.15, 0.2) is 53.0 Å². The van der Waals surface area contributed by atoms with E-state index in [1.165, 1.54) is 16.2 Å². The predicted molar refractivity (Wildman–Crippen MR) is 122 cm³/mol. The van der Waals surface area contributed by atoms with E-state index < -0.39 is 6.04 Å². The minimum absolute atomic E-state index is 0.295. The van der Waals surface area contributed by atoms with Gasteiger partial charge < -0.3 is 10.2 Å². The molecule has 0 unspecified atom stereocenters. The van der Waals surface area contributed by atoms with Crippen LogP contribution in [0.25, 0.3) is 10.6 Å². The summed E-state index contributed by atoms with van der Waals surface area (Å²) >= 11 is 4.67. The van der Waals surface area contributed by atoms with Crippen molar-refractivity contribution in [3.63, 3.8) is 0 Å². The van der Waals surface area contributed by atoms with Gasteiger partial charge in [0, 0.05) is 22.3 Å². The molecule has 2 N–H and O–H groups in total. The fraction of sp³-hybridized carbons (Fsp3) is 0.190. The molecular formula is C21H17BrN6O2S. The molecule has 1 fully saturated rings. The van der Waals surface area contributed by atoms with Crippen LogP contribution in [-0.2, 0) is 4.79 Å². The van der Waals surface area contributed by atoms with E-state index in [0.29, 0.717) is 34.4 Å². The van der Waals surface area contributed by atoms with Crippen LogP contribution in [0.1, 0.15) is 18.4 Å². The molecule has 3 amide bonds. The molecule has 0 radical (unpaired) electrons. The van der Waals surface area contributed by atoms with Crippen molar-refractivity contribution in [1.82, 2.24) is 15.1 Å². The Balaban J connectivity index is 1.41. The Hall–Kier alpha value is -3.29. The van der Waals surface area contributed by atoms with E-state index in [9.17, 15) is 9.59 Å². The normalized spacial score (nSPS) is 15.4. The topological polar surface area (TPSA) is 111 Å². The number of carbonyl (C=O) groups is 2. The van der Waals surface area contributed by atoms with Gasteiger partial charge >= 0.3 is 6.03 Å². The zero-order valence-corrected chi connectivity index (χ0v) is 18.6. The van der Waals surface area contributed by atoms with Gasteiger partial charge in [-0.2, -0.15) is 5.26 Å². The van der Waals surface area contributed by atoms with Gasteiger partial charge in [-0.05, 0) is 43.2 Å². The average Bonchev–Trinajstić information content (AvgIpc) is 3.44. The molecular weight excluding hydrogens is 480 g/mol. The fourth-order valence-corrected chi connectivity index (χ4v) is 4.33. The van der Waals surface area contributed by atoms with Gasteiger partial charge in [0.2, 0.25) is 11.0 Å². The minimum Gasteiger partial charge on any atom is -0.312 e.